The van der Waals surface area contributed by atoms with E-state index in [0.717, 1.165) is 11.0 Å². The van der Waals surface area contributed by atoms with Crippen LogP contribution in [0.5, 0.6) is 0 Å². The van der Waals surface area contributed by atoms with E-state index in [9.17, 15) is 0 Å². The Hall–Kier alpha value is 1.15. The standard InChI is InChI=1S/C13H28OS2.Zn/c1-3-5-7-9-11-14-13(15)16-12-10-8-6-4-2;/h15-16H,3-12H2,1-2H3;. The van der Waals surface area contributed by atoms with E-state index in [1.807, 2.05) is 0 Å². The average Bonchev–Trinajstić information content (AvgIpc) is 2.28. The fraction of sp³-hybridized carbons (Fsp3) is 0.923. The van der Waals surface area contributed by atoms with Gasteiger partial charge >= 0.3 is 0 Å². The van der Waals surface area contributed by atoms with Crippen LogP contribution >= 0.6 is 24.0 Å². The van der Waals surface area contributed by atoms with Crippen LogP contribution in [0, 0.1) is 0 Å². The first-order valence-corrected chi connectivity index (χ1v) is 8.20. The predicted octanol–water partition coefficient (Wildman–Crippen LogP) is 4.64. The second kappa shape index (κ2) is 17.2. The molecule has 0 N–H and O–H groups in total. The molecule has 0 aromatic carbocycles. The molecule has 0 saturated heterocycles. The minimum atomic E-state index is 0. The number of hydrogen-bond acceptors (Lipinski definition) is 1. The predicted molar refractivity (Wildman–Crippen MR) is 82.1 cm³/mol. The van der Waals surface area contributed by atoms with Gasteiger partial charge in [0.05, 0.1) is 6.61 Å². The zero-order valence-corrected chi connectivity index (χ0v) is 16.3. The molecule has 0 heterocycles. The average molecular weight is 330 g/mol. The minimum absolute atomic E-state index is 0. The maximum atomic E-state index is 5.56. The third kappa shape index (κ3) is 17.2. The summed E-state index contributed by atoms with van der Waals surface area (Å²) in [7, 11) is 0. The summed E-state index contributed by atoms with van der Waals surface area (Å²) in [5.41, 5.74) is 0. The van der Waals surface area contributed by atoms with Crippen molar-refractivity contribution in [2.45, 2.75) is 65.2 Å². The number of rotatable bonds is 10. The zero-order valence-electron chi connectivity index (χ0n) is 11.6. The Morgan fingerprint density at radius 1 is 0.941 bits per heavy atom. The van der Waals surface area contributed by atoms with Gasteiger partial charge < -0.3 is 4.74 Å². The summed E-state index contributed by atoms with van der Waals surface area (Å²) in [5, 5.41) is 0. The molecule has 0 spiro atoms. The maximum absolute atomic E-state index is 5.56. The Bertz CT molecular complexity index is 175. The third-order valence-electron chi connectivity index (χ3n) is 2.49. The van der Waals surface area contributed by atoms with Crippen LogP contribution < -0.4 is 0 Å². The van der Waals surface area contributed by atoms with Crippen LogP contribution in [0.2, 0.25) is 0 Å². The topological polar surface area (TPSA) is 9.23 Å². The van der Waals surface area contributed by atoms with Gasteiger partial charge in [-0.3, -0.25) is 0 Å². The fourth-order valence-electron chi connectivity index (χ4n) is 1.45. The Labute approximate surface area is 130 Å². The summed E-state index contributed by atoms with van der Waals surface area (Å²) in [4.78, 5) is 0. The molecule has 100 valence electrons. The molecular formula is C13H28OS2Zn. The fourth-order valence-corrected chi connectivity index (χ4v) is 2.60. The largest absolute Gasteiger partial charge is 0.335 e. The van der Waals surface area contributed by atoms with Gasteiger partial charge in [-0.15, -0.1) is 12.6 Å². The first kappa shape index (κ1) is 20.5. The molecule has 4 heteroatoms. The van der Waals surface area contributed by atoms with Crippen LogP contribution in [0.25, 0.3) is 0 Å². The van der Waals surface area contributed by atoms with Crippen molar-refractivity contribution in [3.63, 3.8) is 0 Å². The van der Waals surface area contributed by atoms with Crippen molar-refractivity contribution in [2.24, 2.45) is 0 Å². The van der Waals surface area contributed by atoms with Crippen LogP contribution in [0.4, 0.5) is 0 Å². The first-order valence-electron chi connectivity index (χ1n) is 6.67. The van der Waals surface area contributed by atoms with Gasteiger partial charge in [-0.05, 0) is 18.6 Å². The van der Waals surface area contributed by atoms with E-state index < -0.39 is 0 Å². The molecule has 0 atom stereocenters. The molecule has 0 aliphatic carbocycles. The molecule has 0 rings (SSSR count). The van der Waals surface area contributed by atoms with Crippen molar-refractivity contribution in [1.29, 1.82) is 0 Å². The number of ether oxygens (including phenoxy) is 1. The molecule has 0 bridgehead atoms. The van der Waals surface area contributed by atoms with Crippen molar-refractivity contribution in [3.05, 3.63) is 0 Å². The summed E-state index contributed by atoms with van der Waals surface area (Å²) >= 11 is 5.63. The molecule has 17 heavy (non-hydrogen) atoms. The molecular weight excluding hydrogens is 302 g/mol. The minimum Gasteiger partial charge on any atom is -0.335 e. The zero-order chi connectivity index (χ0) is 12.1. The summed E-state index contributed by atoms with van der Waals surface area (Å²) in [6.45, 7) is 5.32. The molecule has 0 radical (unpaired) electrons. The van der Waals surface area contributed by atoms with E-state index in [0.29, 0.717) is 0 Å². The van der Waals surface area contributed by atoms with Gasteiger partial charge in [0.15, 0.2) is 0 Å². The normalized spacial score (nSPS) is 11.8. The second-order valence-electron chi connectivity index (χ2n) is 4.13. The number of unbranched alkanes of at least 4 members (excludes halogenated alkanes) is 6. The molecule has 0 saturated carbocycles. The Morgan fingerprint density at radius 3 is 2.12 bits per heavy atom. The molecule has 1 nitrogen and oxygen atoms in total. The number of hydrogen-bond donors (Lipinski definition) is 2. The Kier molecular flexibility index (Phi) is 20.7. The monoisotopic (exact) mass is 328 g/mol. The van der Waals surface area contributed by atoms with Crippen molar-refractivity contribution in [2.75, 3.05) is 12.4 Å². The van der Waals surface area contributed by atoms with Crippen molar-refractivity contribution in [1.82, 2.24) is 0 Å². The van der Waals surface area contributed by atoms with Crippen molar-refractivity contribution < 1.29 is 24.2 Å². The van der Waals surface area contributed by atoms with Crippen LogP contribution in [0.3, 0.4) is 0 Å². The van der Waals surface area contributed by atoms with Gasteiger partial charge in [-0.1, -0.05) is 52.4 Å². The number of thiol groups is 2. The van der Waals surface area contributed by atoms with E-state index in [1.54, 1.807) is 0 Å². The van der Waals surface area contributed by atoms with Gasteiger partial charge in [-0.25, -0.2) is 0 Å². The van der Waals surface area contributed by atoms with Gasteiger partial charge in [-0.2, -0.15) is 11.4 Å². The van der Waals surface area contributed by atoms with Gasteiger partial charge in [0.1, 0.15) is 4.38 Å². The quantitative estimate of drug-likeness (QED) is 0.257. The first-order chi connectivity index (χ1) is 7.81. The van der Waals surface area contributed by atoms with E-state index in [-0.39, 0.29) is 19.5 Å². The second-order valence-corrected chi connectivity index (χ2v) is 6.06. The summed E-state index contributed by atoms with van der Waals surface area (Å²) in [5.74, 6) is 1.20. The van der Waals surface area contributed by atoms with Gasteiger partial charge in [0.25, 0.3) is 0 Å². The Balaban J connectivity index is 0. The molecule has 0 amide bonds. The van der Waals surface area contributed by atoms with Crippen LogP contribution in [0.1, 0.15) is 65.2 Å². The summed E-state index contributed by atoms with van der Waals surface area (Å²) < 4.78 is 6.47. The molecule has 0 unspecified atom stereocenters. The summed E-state index contributed by atoms with van der Waals surface area (Å²) in [6.07, 6.45) is 10.4. The van der Waals surface area contributed by atoms with Crippen molar-refractivity contribution in [3.8, 4) is 0 Å². The summed E-state index contributed by atoms with van der Waals surface area (Å²) in [6, 6.07) is 0. The Morgan fingerprint density at radius 2 is 1.53 bits per heavy atom. The molecule has 0 fully saturated rings. The third-order valence-corrected chi connectivity index (χ3v) is 3.98. The molecule has 0 aliphatic rings. The van der Waals surface area contributed by atoms with Crippen molar-refractivity contribution >= 4 is 28.4 Å². The van der Waals surface area contributed by atoms with E-state index >= 15 is 0 Å². The van der Waals surface area contributed by atoms with Crippen LogP contribution in [0.15, 0.2) is 0 Å². The van der Waals surface area contributed by atoms with E-state index in [2.05, 4.69) is 26.5 Å². The van der Waals surface area contributed by atoms with Crippen LogP contribution in [-0.2, 0) is 24.2 Å². The van der Waals surface area contributed by atoms with E-state index in [1.165, 1.54) is 68.5 Å². The van der Waals surface area contributed by atoms with E-state index in [4.69, 9.17) is 4.74 Å². The molecule has 0 aromatic heterocycles. The van der Waals surface area contributed by atoms with Crippen LogP contribution in [-0.4, -0.2) is 16.7 Å². The van der Waals surface area contributed by atoms with Gasteiger partial charge in [0, 0.05) is 19.5 Å². The smallest absolute Gasteiger partial charge is 0.127 e. The molecule has 0 aromatic rings. The molecule has 0 aliphatic heterocycles. The maximum Gasteiger partial charge on any atom is 0.127 e. The SMILES string of the molecule is CCCCCCOC(S)=[SH]CCCCCC.[Zn]. The van der Waals surface area contributed by atoms with Gasteiger partial charge in [0.2, 0.25) is 0 Å².